The average molecular weight is 429 g/mol. The highest BCUT2D eigenvalue weighted by molar-refractivity contribution is 7.91. The van der Waals surface area contributed by atoms with Gasteiger partial charge in [0.1, 0.15) is 11.5 Å². The summed E-state index contributed by atoms with van der Waals surface area (Å²) in [5.41, 5.74) is 0. The summed E-state index contributed by atoms with van der Waals surface area (Å²) in [6.07, 6.45) is 0. The Morgan fingerprint density at radius 2 is 1.36 bits per heavy atom. The van der Waals surface area contributed by atoms with Gasteiger partial charge in [0, 0.05) is 5.02 Å². The highest BCUT2D eigenvalue weighted by atomic mass is 35.5. The van der Waals surface area contributed by atoms with Crippen LogP contribution in [0.4, 0.5) is 0 Å². The smallest absolute Gasteiger partial charge is 0.208 e. The van der Waals surface area contributed by atoms with Crippen molar-refractivity contribution in [3.8, 4) is 11.5 Å². The van der Waals surface area contributed by atoms with E-state index in [4.69, 9.17) is 27.9 Å². The van der Waals surface area contributed by atoms with Crippen LogP contribution in [-0.2, 0) is 9.84 Å². The highest BCUT2D eigenvalue weighted by Crippen LogP contribution is 2.32. The van der Waals surface area contributed by atoms with Crippen LogP contribution >= 0.6 is 23.2 Å². The standard InChI is InChI=1S/C22H14Cl2O3S/c23-17-6-12-21(24)22(14-17)28(25,26)20-10-8-18(9-11-20)27-19-7-5-15-3-1-2-4-16(15)13-19/h1-14H. The maximum atomic E-state index is 12.8. The summed E-state index contributed by atoms with van der Waals surface area (Å²) < 4.78 is 31.5. The molecule has 0 amide bonds. The normalized spacial score (nSPS) is 11.5. The molecular weight excluding hydrogens is 415 g/mol. The van der Waals surface area contributed by atoms with Crippen molar-refractivity contribution in [3.63, 3.8) is 0 Å². The second kappa shape index (κ2) is 7.47. The highest BCUT2D eigenvalue weighted by Gasteiger charge is 2.21. The molecule has 0 spiro atoms. The summed E-state index contributed by atoms with van der Waals surface area (Å²) in [5.74, 6) is 1.21. The molecule has 4 aromatic carbocycles. The van der Waals surface area contributed by atoms with E-state index in [-0.39, 0.29) is 14.8 Å². The van der Waals surface area contributed by atoms with Gasteiger partial charge < -0.3 is 4.74 Å². The SMILES string of the molecule is O=S(=O)(c1ccc(Oc2ccc3ccccc3c2)cc1)c1cc(Cl)ccc1Cl. The first-order valence-electron chi connectivity index (χ1n) is 8.40. The third-order valence-electron chi connectivity index (χ3n) is 4.27. The van der Waals surface area contributed by atoms with E-state index < -0.39 is 9.84 Å². The van der Waals surface area contributed by atoms with E-state index in [1.165, 1.54) is 24.3 Å². The van der Waals surface area contributed by atoms with E-state index in [1.54, 1.807) is 18.2 Å². The van der Waals surface area contributed by atoms with Crippen molar-refractivity contribution in [1.29, 1.82) is 0 Å². The summed E-state index contributed by atoms with van der Waals surface area (Å²) in [5, 5.41) is 2.62. The van der Waals surface area contributed by atoms with Crippen molar-refractivity contribution in [2.24, 2.45) is 0 Å². The lowest BCUT2D eigenvalue weighted by Gasteiger charge is -2.10. The molecule has 0 atom stereocenters. The molecule has 0 aliphatic carbocycles. The quantitative estimate of drug-likeness (QED) is 0.360. The Morgan fingerprint density at radius 3 is 2.11 bits per heavy atom. The summed E-state index contributed by atoms with van der Waals surface area (Å²) in [7, 11) is -3.78. The van der Waals surface area contributed by atoms with Crippen molar-refractivity contribution >= 4 is 43.8 Å². The Labute approximate surface area is 173 Å². The molecule has 0 heterocycles. The summed E-state index contributed by atoms with van der Waals surface area (Å²) in [6.45, 7) is 0. The molecule has 0 aliphatic heterocycles. The fourth-order valence-electron chi connectivity index (χ4n) is 2.86. The average Bonchev–Trinajstić information content (AvgIpc) is 2.70. The fraction of sp³-hybridized carbons (Fsp3) is 0. The maximum absolute atomic E-state index is 12.8. The predicted molar refractivity (Wildman–Crippen MR) is 112 cm³/mol. The van der Waals surface area contributed by atoms with E-state index in [9.17, 15) is 8.42 Å². The number of halogens is 2. The monoisotopic (exact) mass is 428 g/mol. The summed E-state index contributed by atoms with van der Waals surface area (Å²) in [6, 6.07) is 24.3. The molecule has 0 saturated heterocycles. The third-order valence-corrected chi connectivity index (χ3v) is 6.76. The third kappa shape index (κ3) is 3.72. The Kier molecular flexibility index (Phi) is 5.02. The number of hydrogen-bond acceptors (Lipinski definition) is 3. The Bertz CT molecular complexity index is 1270. The van der Waals surface area contributed by atoms with Crippen LogP contribution in [0.2, 0.25) is 10.0 Å². The summed E-state index contributed by atoms with van der Waals surface area (Å²) >= 11 is 12.0. The van der Waals surface area contributed by atoms with Crippen LogP contribution in [0.25, 0.3) is 10.8 Å². The van der Waals surface area contributed by atoms with Crippen LogP contribution in [0.5, 0.6) is 11.5 Å². The lowest BCUT2D eigenvalue weighted by molar-refractivity contribution is 0.483. The van der Waals surface area contributed by atoms with Crippen molar-refractivity contribution in [2.75, 3.05) is 0 Å². The molecule has 0 radical (unpaired) electrons. The van der Waals surface area contributed by atoms with Gasteiger partial charge in [-0.15, -0.1) is 0 Å². The number of hydrogen-bond donors (Lipinski definition) is 0. The minimum absolute atomic E-state index is 0.0233. The zero-order valence-corrected chi connectivity index (χ0v) is 16.8. The Morgan fingerprint density at radius 1 is 0.679 bits per heavy atom. The minimum Gasteiger partial charge on any atom is -0.457 e. The molecule has 0 saturated carbocycles. The molecule has 28 heavy (non-hydrogen) atoms. The zero-order chi connectivity index (χ0) is 19.7. The lowest BCUT2D eigenvalue weighted by atomic mass is 10.1. The first kappa shape index (κ1) is 18.8. The number of benzene rings is 4. The zero-order valence-electron chi connectivity index (χ0n) is 14.5. The van der Waals surface area contributed by atoms with Crippen LogP contribution in [0, 0.1) is 0 Å². The second-order valence-corrected chi connectivity index (χ2v) is 8.92. The van der Waals surface area contributed by atoms with E-state index >= 15 is 0 Å². The number of ether oxygens (including phenoxy) is 1. The largest absolute Gasteiger partial charge is 0.457 e. The molecule has 0 N–H and O–H groups in total. The molecular formula is C22H14Cl2O3S. The van der Waals surface area contributed by atoms with E-state index in [0.717, 1.165) is 10.8 Å². The van der Waals surface area contributed by atoms with Crippen molar-refractivity contribution < 1.29 is 13.2 Å². The molecule has 4 aromatic rings. The minimum atomic E-state index is -3.78. The Hall–Kier alpha value is -2.53. The number of sulfone groups is 1. The lowest BCUT2D eigenvalue weighted by Crippen LogP contribution is -2.02. The molecule has 0 aliphatic rings. The second-order valence-electron chi connectivity index (χ2n) is 6.16. The Balaban J connectivity index is 1.62. The molecule has 140 valence electrons. The first-order chi connectivity index (χ1) is 13.4. The van der Waals surface area contributed by atoms with Gasteiger partial charge in [-0.1, -0.05) is 53.5 Å². The molecule has 0 unspecified atom stereocenters. The van der Waals surface area contributed by atoms with Gasteiger partial charge in [0.2, 0.25) is 9.84 Å². The topological polar surface area (TPSA) is 43.4 Å². The first-order valence-corrected chi connectivity index (χ1v) is 10.6. The van der Waals surface area contributed by atoms with Gasteiger partial charge in [0.25, 0.3) is 0 Å². The van der Waals surface area contributed by atoms with E-state index in [2.05, 4.69) is 0 Å². The van der Waals surface area contributed by atoms with Gasteiger partial charge in [-0.25, -0.2) is 8.42 Å². The molecule has 0 aromatic heterocycles. The van der Waals surface area contributed by atoms with Crippen molar-refractivity contribution in [1.82, 2.24) is 0 Å². The fourth-order valence-corrected chi connectivity index (χ4v) is 4.88. The molecule has 0 fully saturated rings. The van der Waals surface area contributed by atoms with Gasteiger partial charge in [-0.05, 0) is 65.4 Å². The van der Waals surface area contributed by atoms with Gasteiger partial charge in [-0.2, -0.15) is 0 Å². The van der Waals surface area contributed by atoms with Crippen LogP contribution < -0.4 is 4.74 Å². The maximum Gasteiger partial charge on any atom is 0.208 e. The van der Waals surface area contributed by atoms with Gasteiger partial charge >= 0.3 is 0 Å². The molecule has 4 rings (SSSR count). The molecule has 6 heteroatoms. The van der Waals surface area contributed by atoms with Gasteiger partial charge in [0.15, 0.2) is 0 Å². The molecule has 0 bridgehead atoms. The van der Waals surface area contributed by atoms with Crippen LogP contribution in [0.1, 0.15) is 0 Å². The van der Waals surface area contributed by atoms with Crippen LogP contribution in [-0.4, -0.2) is 8.42 Å². The van der Waals surface area contributed by atoms with Crippen molar-refractivity contribution in [3.05, 3.63) is 95.0 Å². The number of rotatable bonds is 4. The van der Waals surface area contributed by atoms with Crippen LogP contribution in [0.15, 0.2) is 94.7 Å². The van der Waals surface area contributed by atoms with Gasteiger partial charge in [-0.3, -0.25) is 0 Å². The van der Waals surface area contributed by atoms with Crippen LogP contribution in [0.3, 0.4) is 0 Å². The number of fused-ring (bicyclic) bond motifs is 1. The van der Waals surface area contributed by atoms with Crippen molar-refractivity contribution in [2.45, 2.75) is 9.79 Å². The van der Waals surface area contributed by atoms with E-state index in [0.29, 0.717) is 16.5 Å². The van der Waals surface area contributed by atoms with Gasteiger partial charge in [0.05, 0.1) is 14.8 Å². The predicted octanol–water partition coefficient (Wildman–Crippen LogP) is 6.77. The summed E-state index contributed by atoms with van der Waals surface area (Å²) in [4.78, 5) is 0.0902. The molecule has 3 nitrogen and oxygen atoms in total. The van der Waals surface area contributed by atoms with E-state index in [1.807, 2.05) is 42.5 Å².